The summed E-state index contributed by atoms with van der Waals surface area (Å²) in [5.74, 6) is -1.24. The zero-order valence-corrected chi connectivity index (χ0v) is 16.1. The van der Waals surface area contributed by atoms with Gasteiger partial charge in [-0.3, -0.25) is 4.90 Å². The molecule has 0 bridgehead atoms. The number of fused-ring (bicyclic) bond motifs is 3. The molecule has 0 fully saturated rings. The number of hydrogen-bond acceptors (Lipinski definition) is 4. The molecule has 0 aromatic heterocycles. The second kappa shape index (κ2) is 8.53. The Labute approximate surface area is 165 Å². The monoisotopic (exact) mass is 403 g/mol. The van der Waals surface area contributed by atoms with Gasteiger partial charge in [-0.15, -0.1) is 0 Å². The number of carbonyl (C=O) groups excluding carboxylic acids is 1. The fourth-order valence-electron chi connectivity index (χ4n) is 3.73. The van der Waals surface area contributed by atoms with Crippen LogP contribution in [-0.2, 0) is 20.6 Å². The first-order valence-electron chi connectivity index (χ1n) is 8.80. The molecule has 1 aliphatic rings. The van der Waals surface area contributed by atoms with Crippen LogP contribution in [0.5, 0.6) is 0 Å². The number of carboxylic acids is 1. The molecule has 0 aliphatic heterocycles. The number of rotatable bonds is 7. The van der Waals surface area contributed by atoms with Crippen molar-refractivity contribution < 1.29 is 28.2 Å². The highest BCUT2D eigenvalue weighted by molar-refractivity contribution is 7.79. The number of benzene rings is 2. The fourth-order valence-corrected chi connectivity index (χ4v) is 4.14. The molecule has 7 nitrogen and oxygen atoms in total. The van der Waals surface area contributed by atoms with E-state index in [1.54, 1.807) is 0 Å². The Morgan fingerprint density at radius 3 is 2.11 bits per heavy atom. The van der Waals surface area contributed by atoms with Gasteiger partial charge in [-0.25, -0.2) is 13.8 Å². The minimum atomic E-state index is -2.02. The third-order valence-electron chi connectivity index (χ3n) is 4.88. The van der Waals surface area contributed by atoms with Crippen LogP contribution in [0.25, 0.3) is 11.1 Å². The maximum atomic E-state index is 12.7. The lowest BCUT2D eigenvalue weighted by atomic mass is 10.00. The summed E-state index contributed by atoms with van der Waals surface area (Å²) in [7, 11) is 1.21. The largest absolute Gasteiger partial charge is 0.480 e. The first-order valence-corrected chi connectivity index (χ1v) is 10.1. The Bertz CT molecular complexity index is 870. The van der Waals surface area contributed by atoms with Crippen LogP contribution in [0.2, 0.25) is 0 Å². The third-order valence-corrected chi connectivity index (χ3v) is 5.52. The van der Waals surface area contributed by atoms with Crippen molar-refractivity contribution in [1.29, 1.82) is 0 Å². The second-order valence-electron chi connectivity index (χ2n) is 6.48. The van der Waals surface area contributed by atoms with Crippen molar-refractivity contribution in [2.45, 2.75) is 24.9 Å². The SMILES string of the molecule is COC(=O)N(C1c2ccccc2-c2ccccc21)[C@@H](CCCS(=O)O)C(=O)O. The van der Waals surface area contributed by atoms with Crippen LogP contribution in [-0.4, -0.2) is 49.7 Å². The number of hydrogen-bond donors (Lipinski definition) is 2. The molecule has 8 heteroatoms. The summed E-state index contributed by atoms with van der Waals surface area (Å²) in [5.41, 5.74) is 3.53. The number of methoxy groups -OCH3 is 1. The normalized spacial score (nSPS) is 14.6. The molecule has 0 saturated carbocycles. The zero-order chi connectivity index (χ0) is 20.3. The molecule has 148 valence electrons. The number of aliphatic carboxylic acids is 1. The molecule has 1 amide bonds. The topological polar surface area (TPSA) is 104 Å². The molecule has 1 aliphatic carbocycles. The van der Waals surface area contributed by atoms with E-state index >= 15 is 0 Å². The van der Waals surface area contributed by atoms with E-state index in [-0.39, 0.29) is 18.6 Å². The Morgan fingerprint density at radius 2 is 1.64 bits per heavy atom. The van der Waals surface area contributed by atoms with Gasteiger partial charge in [-0.1, -0.05) is 48.5 Å². The lowest BCUT2D eigenvalue weighted by Crippen LogP contribution is -2.47. The average molecular weight is 403 g/mol. The van der Waals surface area contributed by atoms with Gasteiger partial charge in [0, 0.05) is 5.75 Å². The fraction of sp³-hybridized carbons (Fsp3) is 0.300. The molecular weight excluding hydrogens is 382 g/mol. The third kappa shape index (κ3) is 3.79. The van der Waals surface area contributed by atoms with Crippen LogP contribution in [0.3, 0.4) is 0 Å². The first-order chi connectivity index (χ1) is 13.5. The van der Waals surface area contributed by atoms with Gasteiger partial charge in [-0.2, -0.15) is 0 Å². The van der Waals surface area contributed by atoms with Crippen molar-refractivity contribution in [3.05, 3.63) is 59.7 Å². The lowest BCUT2D eigenvalue weighted by Gasteiger charge is -2.34. The molecule has 2 N–H and O–H groups in total. The Kier molecular flexibility index (Phi) is 6.11. The number of nitrogens with zero attached hydrogens (tertiary/aromatic N) is 1. The first kappa shape index (κ1) is 20.0. The van der Waals surface area contributed by atoms with Crippen molar-refractivity contribution in [2.75, 3.05) is 12.9 Å². The summed E-state index contributed by atoms with van der Waals surface area (Å²) in [6.07, 6.45) is -0.532. The molecule has 28 heavy (non-hydrogen) atoms. The summed E-state index contributed by atoms with van der Waals surface area (Å²) >= 11 is -2.02. The maximum absolute atomic E-state index is 12.7. The predicted molar refractivity (Wildman–Crippen MR) is 104 cm³/mol. The summed E-state index contributed by atoms with van der Waals surface area (Å²) in [6, 6.07) is 13.3. The highest BCUT2D eigenvalue weighted by Gasteiger charge is 2.41. The second-order valence-corrected chi connectivity index (χ2v) is 7.53. The Hall–Kier alpha value is -2.71. The van der Waals surface area contributed by atoms with Gasteiger partial charge >= 0.3 is 12.1 Å². The zero-order valence-electron chi connectivity index (χ0n) is 15.3. The quantitative estimate of drug-likeness (QED) is 0.688. The minimum absolute atomic E-state index is 0.0393. The van der Waals surface area contributed by atoms with E-state index in [9.17, 15) is 18.9 Å². The molecule has 2 aromatic carbocycles. The molecule has 2 aromatic rings. The maximum Gasteiger partial charge on any atom is 0.411 e. The Morgan fingerprint density at radius 1 is 1.11 bits per heavy atom. The van der Waals surface area contributed by atoms with E-state index in [0.717, 1.165) is 22.3 Å². The van der Waals surface area contributed by atoms with Crippen LogP contribution in [0.15, 0.2) is 48.5 Å². The number of ether oxygens (including phenoxy) is 1. The van der Waals surface area contributed by atoms with Crippen molar-refractivity contribution >= 4 is 23.1 Å². The van der Waals surface area contributed by atoms with Gasteiger partial charge in [0.05, 0.1) is 13.2 Å². The molecule has 0 radical (unpaired) electrons. The van der Waals surface area contributed by atoms with Gasteiger partial charge in [-0.05, 0) is 35.1 Å². The van der Waals surface area contributed by atoms with E-state index in [1.165, 1.54) is 12.0 Å². The molecule has 2 atom stereocenters. The van der Waals surface area contributed by atoms with Crippen molar-refractivity contribution in [3.63, 3.8) is 0 Å². The summed E-state index contributed by atoms with van der Waals surface area (Å²) in [4.78, 5) is 26.0. The van der Waals surface area contributed by atoms with Crippen LogP contribution in [0, 0.1) is 0 Å². The van der Waals surface area contributed by atoms with Crippen LogP contribution < -0.4 is 0 Å². The number of amides is 1. The lowest BCUT2D eigenvalue weighted by molar-refractivity contribution is -0.143. The highest BCUT2D eigenvalue weighted by Crippen LogP contribution is 2.47. The molecule has 1 unspecified atom stereocenters. The molecule has 3 rings (SSSR count). The molecular formula is C20H21NO6S. The average Bonchev–Trinajstić information content (AvgIpc) is 3.01. The van der Waals surface area contributed by atoms with Gasteiger partial charge in [0.2, 0.25) is 0 Å². The van der Waals surface area contributed by atoms with Gasteiger partial charge in [0.25, 0.3) is 0 Å². The number of carbonyl (C=O) groups is 2. The molecule has 0 spiro atoms. The van der Waals surface area contributed by atoms with Gasteiger partial charge in [0.1, 0.15) is 6.04 Å². The highest BCUT2D eigenvalue weighted by atomic mass is 32.2. The van der Waals surface area contributed by atoms with E-state index in [0.29, 0.717) is 0 Å². The van der Waals surface area contributed by atoms with Crippen LogP contribution >= 0.6 is 0 Å². The van der Waals surface area contributed by atoms with Crippen LogP contribution in [0.1, 0.15) is 30.0 Å². The van der Waals surface area contributed by atoms with Crippen molar-refractivity contribution in [3.8, 4) is 11.1 Å². The number of carboxylic acid groups (broad SMARTS) is 1. The van der Waals surface area contributed by atoms with E-state index in [4.69, 9.17) is 9.29 Å². The van der Waals surface area contributed by atoms with E-state index < -0.39 is 35.2 Å². The van der Waals surface area contributed by atoms with Crippen molar-refractivity contribution in [2.24, 2.45) is 0 Å². The van der Waals surface area contributed by atoms with Gasteiger partial charge < -0.3 is 14.4 Å². The molecule has 0 saturated heterocycles. The van der Waals surface area contributed by atoms with Crippen molar-refractivity contribution in [1.82, 2.24) is 4.90 Å². The summed E-state index contributed by atoms with van der Waals surface area (Å²) in [6.45, 7) is 0. The smallest absolute Gasteiger partial charge is 0.411 e. The standard InChI is InChI=1S/C20H21NO6S/c1-27-20(24)21(17(19(22)23)11-6-12-28(25)26)18-15-9-4-2-7-13(15)14-8-3-5-10-16(14)18/h2-5,7-10,17-18H,6,11-12H2,1H3,(H,22,23)(H,25,26)/t17-/m0/s1. The van der Waals surface area contributed by atoms with E-state index in [1.807, 2.05) is 48.5 Å². The van der Waals surface area contributed by atoms with Crippen LogP contribution in [0.4, 0.5) is 4.79 Å². The minimum Gasteiger partial charge on any atom is -0.480 e. The molecule has 0 heterocycles. The Balaban J connectivity index is 2.07. The summed E-state index contributed by atoms with van der Waals surface area (Å²) < 4.78 is 24.9. The summed E-state index contributed by atoms with van der Waals surface area (Å²) in [5, 5.41) is 9.82. The predicted octanol–water partition coefficient (Wildman–Crippen LogP) is 3.28. The van der Waals surface area contributed by atoms with E-state index in [2.05, 4.69) is 0 Å². The van der Waals surface area contributed by atoms with Gasteiger partial charge in [0.15, 0.2) is 11.1 Å².